The minimum Gasteiger partial charge on any atom is -0.496 e. The van der Waals surface area contributed by atoms with Gasteiger partial charge >= 0.3 is 0 Å². The standard InChI is InChI=1S/C14H12FIO2/c1-18-13-7-6-9(15)8-11(13)14(17)10-4-2-3-5-12(10)16/h2-8,14,17H,1H3. The number of methoxy groups -OCH3 is 1. The van der Waals surface area contributed by atoms with Gasteiger partial charge in [-0.25, -0.2) is 4.39 Å². The third-order valence-electron chi connectivity index (χ3n) is 2.69. The van der Waals surface area contributed by atoms with Gasteiger partial charge in [-0.1, -0.05) is 18.2 Å². The number of aliphatic hydroxyl groups excluding tert-OH is 1. The quantitative estimate of drug-likeness (QED) is 0.851. The lowest BCUT2D eigenvalue weighted by Crippen LogP contribution is -2.04. The third-order valence-corrected chi connectivity index (χ3v) is 3.67. The van der Waals surface area contributed by atoms with Gasteiger partial charge in [-0.05, 0) is 52.4 Å². The Balaban J connectivity index is 2.48. The van der Waals surface area contributed by atoms with Gasteiger partial charge in [-0.2, -0.15) is 0 Å². The van der Waals surface area contributed by atoms with Gasteiger partial charge in [0.05, 0.1) is 7.11 Å². The van der Waals surface area contributed by atoms with Crippen molar-refractivity contribution in [3.63, 3.8) is 0 Å². The Morgan fingerprint density at radius 1 is 1.17 bits per heavy atom. The van der Waals surface area contributed by atoms with E-state index in [2.05, 4.69) is 22.6 Å². The summed E-state index contributed by atoms with van der Waals surface area (Å²) in [6.07, 6.45) is -0.899. The molecule has 1 N–H and O–H groups in total. The zero-order chi connectivity index (χ0) is 13.1. The molecule has 0 saturated carbocycles. The van der Waals surface area contributed by atoms with E-state index in [0.717, 1.165) is 9.13 Å². The molecule has 0 fully saturated rings. The van der Waals surface area contributed by atoms with E-state index >= 15 is 0 Å². The van der Waals surface area contributed by atoms with Gasteiger partial charge < -0.3 is 9.84 Å². The molecule has 4 heteroatoms. The summed E-state index contributed by atoms with van der Waals surface area (Å²) in [5.41, 5.74) is 1.17. The Bertz CT molecular complexity index is 557. The summed E-state index contributed by atoms with van der Waals surface area (Å²) in [4.78, 5) is 0. The van der Waals surface area contributed by atoms with Crippen LogP contribution in [0.25, 0.3) is 0 Å². The molecule has 0 radical (unpaired) electrons. The Kier molecular flexibility index (Phi) is 4.19. The van der Waals surface area contributed by atoms with Crippen LogP contribution in [0.3, 0.4) is 0 Å². The van der Waals surface area contributed by atoms with Crippen LogP contribution in [0.1, 0.15) is 17.2 Å². The maximum absolute atomic E-state index is 13.3. The number of hydrogen-bond donors (Lipinski definition) is 1. The second-order valence-electron chi connectivity index (χ2n) is 3.81. The van der Waals surface area contributed by atoms with Gasteiger partial charge in [0.25, 0.3) is 0 Å². The van der Waals surface area contributed by atoms with E-state index in [1.165, 1.54) is 25.3 Å². The average Bonchev–Trinajstić information content (AvgIpc) is 2.38. The smallest absolute Gasteiger partial charge is 0.125 e. The molecule has 0 aliphatic heterocycles. The monoisotopic (exact) mass is 358 g/mol. The van der Waals surface area contributed by atoms with Gasteiger partial charge in [0, 0.05) is 9.13 Å². The van der Waals surface area contributed by atoms with Crippen LogP contribution >= 0.6 is 22.6 Å². The largest absolute Gasteiger partial charge is 0.496 e. The number of halogens is 2. The van der Waals surface area contributed by atoms with Crippen molar-refractivity contribution >= 4 is 22.6 Å². The van der Waals surface area contributed by atoms with Crippen LogP contribution in [0.15, 0.2) is 42.5 Å². The lowest BCUT2D eigenvalue weighted by atomic mass is 10.0. The molecule has 0 saturated heterocycles. The normalized spacial score (nSPS) is 12.2. The minimum absolute atomic E-state index is 0.393. The van der Waals surface area contributed by atoms with E-state index in [4.69, 9.17) is 4.74 Å². The molecule has 94 valence electrons. The maximum Gasteiger partial charge on any atom is 0.125 e. The summed E-state index contributed by atoms with van der Waals surface area (Å²) in [6, 6.07) is 11.6. The molecule has 0 aromatic heterocycles. The fraction of sp³-hybridized carbons (Fsp3) is 0.143. The average molecular weight is 358 g/mol. The number of benzene rings is 2. The summed E-state index contributed by atoms with van der Waals surface area (Å²) >= 11 is 2.14. The fourth-order valence-electron chi connectivity index (χ4n) is 1.78. The van der Waals surface area contributed by atoms with Crippen molar-refractivity contribution < 1.29 is 14.2 Å². The highest BCUT2D eigenvalue weighted by Gasteiger charge is 2.18. The van der Waals surface area contributed by atoms with Gasteiger partial charge in [0.1, 0.15) is 17.7 Å². The van der Waals surface area contributed by atoms with E-state index in [1.807, 2.05) is 24.3 Å². The highest BCUT2D eigenvalue weighted by atomic mass is 127. The molecule has 1 unspecified atom stereocenters. The molecule has 2 aromatic rings. The second-order valence-corrected chi connectivity index (χ2v) is 4.97. The lowest BCUT2D eigenvalue weighted by Gasteiger charge is -2.16. The molecule has 2 aromatic carbocycles. The van der Waals surface area contributed by atoms with Crippen molar-refractivity contribution in [3.05, 3.63) is 63.0 Å². The molecular weight excluding hydrogens is 346 g/mol. The summed E-state index contributed by atoms with van der Waals surface area (Å²) in [7, 11) is 1.50. The van der Waals surface area contributed by atoms with E-state index < -0.39 is 11.9 Å². The Morgan fingerprint density at radius 3 is 2.56 bits per heavy atom. The molecular formula is C14H12FIO2. The molecule has 0 amide bonds. The first-order chi connectivity index (χ1) is 8.63. The van der Waals surface area contributed by atoms with Crippen LogP contribution in [0.5, 0.6) is 5.75 Å². The summed E-state index contributed by atoms with van der Waals surface area (Å²) < 4.78 is 19.4. The number of ether oxygens (including phenoxy) is 1. The van der Waals surface area contributed by atoms with Crippen molar-refractivity contribution in [2.45, 2.75) is 6.10 Å². The number of aliphatic hydroxyl groups is 1. The molecule has 2 nitrogen and oxygen atoms in total. The van der Waals surface area contributed by atoms with Crippen molar-refractivity contribution in [2.75, 3.05) is 7.11 Å². The summed E-state index contributed by atoms with van der Waals surface area (Å²) in [5.74, 6) is 0.0827. The predicted octanol–water partition coefficient (Wildman–Crippen LogP) is 3.52. The third kappa shape index (κ3) is 2.64. The predicted molar refractivity (Wildman–Crippen MR) is 76.2 cm³/mol. The van der Waals surface area contributed by atoms with Crippen LogP contribution in [0.4, 0.5) is 4.39 Å². The van der Waals surface area contributed by atoms with E-state index in [0.29, 0.717) is 11.3 Å². The first kappa shape index (κ1) is 13.3. The first-order valence-electron chi connectivity index (χ1n) is 5.39. The molecule has 2 rings (SSSR count). The van der Waals surface area contributed by atoms with Crippen LogP contribution in [0.2, 0.25) is 0 Å². The van der Waals surface area contributed by atoms with Crippen molar-refractivity contribution in [1.29, 1.82) is 0 Å². The molecule has 0 spiro atoms. The van der Waals surface area contributed by atoms with Crippen molar-refractivity contribution in [2.24, 2.45) is 0 Å². The van der Waals surface area contributed by atoms with Crippen molar-refractivity contribution in [3.8, 4) is 5.75 Å². The van der Waals surface area contributed by atoms with Gasteiger partial charge in [-0.3, -0.25) is 0 Å². The maximum atomic E-state index is 13.3. The van der Waals surface area contributed by atoms with Crippen LogP contribution in [-0.2, 0) is 0 Å². The zero-order valence-electron chi connectivity index (χ0n) is 9.73. The Labute approximate surface area is 119 Å². The van der Waals surface area contributed by atoms with Gasteiger partial charge in [0.2, 0.25) is 0 Å². The number of hydrogen-bond acceptors (Lipinski definition) is 2. The fourth-order valence-corrected chi connectivity index (χ4v) is 2.47. The van der Waals surface area contributed by atoms with E-state index in [-0.39, 0.29) is 0 Å². The van der Waals surface area contributed by atoms with Gasteiger partial charge in [0.15, 0.2) is 0 Å². The molecule has 0 heterocycles. The summed E-state index contributed by atoms with van der Waals surface area (Å²) in [6.45, 7) is 0. The highest BCUT2D eigenvalue weighted by Crippen LogP contribution is 2.32. The van der Waals surface area contributed by atoms with E-state index in [9.17, 15) is 9.50 Å². The zero-order valence-corrected chi connectivity index (χ0v) is 11.9. The topological polar surface area (TPSA) is 29.5 Å². The summed E-state index contributed by atoms with van der Waals surface area (Å²) in [5, 5.41) is 10.4. The number of rotatable bonds is 3. The highest BCUT2D eigenvalue weighted by molar-refractivity contribution is 14.1. The first-order valence-corrected chi connectivity index (χ1v) is 6.47. The second kappa shape index (κ2) is 5.67. The van der Waals surface area contributed by atoms with E-state index in [1.54, 1.807) is 0 Å². The Hall–Kier alpha value is -1.14. The Morgan fingerprint density at radius 2 is 1.89 bits per heavy atom. The van der Waals surface area contributed by atoms with Crippen LogP contribution in [0, 0.1) is 9.39 Å². The molecule has 0 aliphatic carbocycles. The minimum atomic E-state index is -0.899. The molecule has 1 atom stereocenters. The van der Waals surface area contributed by atoms with Gasteiger partial charge in [-0.15, -0.1) is 0 Å². The lowest BCUT2D eigenvalue weighted by molar-refractivity contribution is 0.213. The van der Waals surface area contributed by atoms with Crippen molar-refractivity contribution in [1.82, 2.24) is 0 Å². The SMILES string of the molecule is COc1ccc(F)cc1C(O)c1ccccc1I. The molecule has 0 bridgehead atoms. The van der Waals surface area contributed by atoms with Crippen LogP contribution < -0.4 is 4.74 Å². The molecule has 18 heavy (non-hydrogen) atoms. The van der Waals surface area contributed by atoms with Crippen LogP contribution in [-0.4, -0.2) is 12.2 Å². The molecule has 0 aliphatic rings.